The molecule has 0 aliphatic carbocycles. The van der Waals surface area contributed by atoms with E-state index in [0.717, 1.165) is 5.56 Å². The lowest BCUT2D eigenvalue weighted by Gasteiger charge is -2.09. The summed E-state index contributed by atoms with van der Waals surface area (Å²) in [5.41, 5.74) is 1.62. The number of aromatic nitrogens is 2. The highest BCUT2D eigenvalue weighted by atomic mass is 16.3. The topological polar surface area (TPSA) is 89.2 Å². The van der Waals surface area contributed by atoms with E-state index in [-0.39, 0.29) is 18.4 Å². The van der Waals surface area contributed by atoms with Gasteiger partial charge < -0.3 is 15.1 Å². The zero-order valence-corrected chi connectivity index (χ0v) is 14.2. The van der Waals surface area contributed by atoms with E-state index in [4.69, 9.17) is 4.42 Å². The van der Waals surface area contributed by atoms with Crippen molar-refractivity contribution in [2.45, 2.75) is 6.54 Å². The van der Waals surface area contributed by atoms with Gasteiger partial charge in [-0.1, -0.05) is 12.1 Å². The van der Waals surface area contributed by atoms with Gasteiger partial charge in [0, 0.05) is 24.9 Å². The van der Waals surface area contributed by atoms with Crippen molar-refractivity contribution in [1.82, 2.24) is 15.1 Å². The molecule has 0 saturated carbocycles. The van der Waals surface area contributed by atoms with Gasteiger partial charge in [-0.05, 0) is 30.3 Å². The summed E-state index contributed by atoms with van der Waals surface area (Å²) in [7, 11) is 1.80. The van der Waals surface area contributed by atoms with E-state index >= 15 is 0 Å². The van der Waals surface area contributed by atoms with Gasteiger partial charge in [0.2, 0.25) is 5.91 Å². The van der Waals surface area contributed by atoms with Gasteiger partial charge in [0.25, 0.3) is 5.91 Å². The molecule has 0 atom stereocenters. The van der Waals surface area contributed by atoms with E-state index in [1.165, 1.54) is 6.08 Å². The van der Waals surface area contributed by atoms with Crippen molar-refractivity contribution in [2.24, 2.45) is 7.05 Å². The first-order chi connectivity index (χ1) is 12.6. The predicted molar refractivity (Wildman–Crippen MR) is 97.2 cm³/mol. The first-order valence-corrected chi connectivity index (χ1v) is 7.99. The Balaban J connectivity index is 1.65. The number of nitrogens with zero attached hydrogens (tertiary/aromatic N) is 2. The lowest BCUT2D eigenvalue weighted by atomic mass is 10.1. The molecule has 0 bridgehead atoms. The molecular formula is C19H18N4O3. The van der Waals surface area contributed by atoms with Crippen molar-refractivity contribution in [3.8, 4) is 0 Å². The van der Waals surface area contributed by atoms with E-state index in [1.54, 1.807) is 72.9 Å². The molecule has 2 amide bonds. The summed E-state index contributed by atoms with van der Waals surface area (Å²) >= 11 is 0. The summed E-state index contributed by atoms with van der Waals surface area (Å²) in [5, 5.41) is 9.52. The zero-order valence-electron chi connectivity index (χ0n) is 14.2. The standard InChI is InChI=1S/C19H18N4O3/c1-23-13-14(11-21-23)8-9-18(24)22-17-7-3-2-6-16(17)19(25)20-12-15-5-4-10-26-15/h2-11,13H,12H2,1H3,(H,20,25)(H,22,24)/b9-8+. The van der Waals surface area contributed by atoms with Crippen LogP contribution in [0.4, 0.5) is 5.69 Å². The Hall–Kier alpha value is -3.61. The molecule has 0 radical (unpaired) electrons. The Labute approximate surface area is 150 Å². The highest BCUT2D eigenvalue weighted by molar-refractivity contribution is 6.07. The number of furan rings is 1. The zero-order chi connectivity index (χ0) is 18.4. The van der Waals surface area contributed by atoms with E-state index in [2.05, 4.69) is 15.7 Å². The quantitative estimate of drug-likeness (QED) is 0.669. The van der Waals surface area contributed by atoms with Gasteiger partial charge in [-0.3, -0.25) is 14.3 Å². The molecule has 0 spiro atoms. The largest absolute Gasteiger partial charge is 0.467 e. The number of hydrogen-bond donors (Lipinski definition) is 2. The molecule has 0 unspecified atom stereocenters. The maximum absolute atomic E-state index is 12.4. The highest BCUT2D eigenvalue weighted by Crippen LogP contribution is 2.15. The molecule has 2 N–H and O–H groups in total. The Morgan fingerprint density at radius 3 is 2.81 bits per heavy atom. The SMILES string of the molecule is Cn1cc(/C=C/C(=O)Nc2ccccc2C(=O)NCc2ccco2)cn1. The number of carbonyl (C=O) groups is 2. The molecule has 3 rings (SSSR count). The summed E-state index contributed by atoms with van der Waals surface area (Å²) in [4.78, 5) is 24.5. The first-order valence-electron chi connectivity index (χ1n) is 7.99. The van der Waals surface area contributed by atoms with Gasteiger partial charge in [-0.25, -0.2) is 0 Å². The number of amides is 2. The van der Waals surface area contributed by atoms with Crippen molar-refractivity contribution in [2.75, 3.05) is 5.32 Å². The van der Waals surface area contributed by atoms with Crippen molar-refractivity contribution < 1.29 is 14.0 Å². The van der Waals surface area contributed by atoms with Crippen molar-refractivity contribution in [1.29, 1.82) is 0 Å². The van der Waals surface area contributed by atoms with Gasteiger partial charge in [-0.15, -0.1) is 0 Å². The minimum Gasteiger partial charge on any atom is -0.467 e. The molecular weight excluding hydrogens is 332 g/mol. The Morgan fingerprint density at radius 2 is 2.08 bits per heavy atom. The average molecular weight is 350 g/mol. The summed E-state index contributed by atoms with van der Waals surface area (Å²) in [6, 6.07) is 10.4. The molecule has 0 saturated heterocycles. The van der Waals surface area contributed by atoms with Crippen LogP contribution in [0.2, 0.25) is 0 Å². The van der Waals surface area contributed by atoms with Crippen molar-refractivity contribution >= 4 is 23.6 Å². The molecule has 132 valence electrons. The second-order valence-corrected chi connectivity index (χ2v) is 5.58. The van der Waals surface area contributed by atoms with Crippen LogP contribution in [0.15, 0.2) is 65.5 Å². The molecule has 7 heteroatoms. The van der Waals surface area contributed by atoms with Crippen LogP contribution in [-0.2, 0) is 18.4 Å². The lowest BCUT2D eigenvalue weighted by molar-refractivity contribution is -0.111. The third kappa shape index (κ3) is 4.47. The number of carbonyl (C=O) groups excluding carboxylic acids is 2. The van der Waals surface area contributed by atoms with Crippen LogP contribution < -0.4 is 10.6 Å². The molecule has 26 heavy (non-hydrogen) atoms. The van der Waals surface area contributed by atoms with E-state index in [9.17, 15) is 9.59 Å². The molecule has 2 aromatic heterocycles. The second-order valence-electron chi connectivity index (χ2n) is 5.58. The number of nitrogens with one attached hydrogen (secondary N) is 2. The molecule has 0 fully saturated rings. The second kappa shape index (κ2) is 7.98. The maximum Gasteiger partial charge on any atom is 0.253 e. The fourth-order valence-corrected chi connectivity index (χ4v) is 2.34. The number of aryl methyl sites for hydroxylation is 1. The minimum atomic E-state index is -0.333. The van der Waals surface area contributed by atoms with Gasteiger partial charge in [-0.2, -0.15) is 5.10 Å². The van der Waals surface area contributed by atoms with E-state index in [1.807, 2.05) is 0 Å². The van der Waals surface area contributed by atoms with Crippen LogP contribution in [-0.4, -0.2) is 21.6 Å². The molecule has 1 aromatic carbocycles. The predicted octanol–water partition coefficient (Wildman–Crippen LogP) is 2.60. The van der Waals surface area contributed by atoms with Crippen LogP contribution in [0, 0.1) is 0 Å². The van der Waals surface area contributed by atoms with Gasteiger partial charge in [0.1, 0.15) is 5.76 Å². The smallest absolute Gasteiger partial charge is 0.253 e. The summed E-state index contributed by atoms with van der Waals surface area (Å²) in [6.07, 6.45) is 8.04. The Morgan fingerprint density at radius 1 is 1.23 bits per heavy atom. The Kier molecular flexibility index (Phi) is 5.28. The fraction of sp³-hybridized carbons (Fsp3) is 0.105. The van der Waals surface area contributed by atoms with E-state index in [0.29, 0.717) is 17.0 Å². The number of benzene rings is 1. The number of hydrogen-bond acceptors (Lipinski definition) is 4. The van der Waals surface area contributed by atoms with Crippen LogP contribution in [0.1, 0.15) is 21.7 Å². The van der Waals surface area contributed by atoms with Crippen LogP contribution in [0.25, 0.3) is 6.08 Å². The van der Waals surface area contributed by atoms with Crippen LogP contribution in [0.3, 0.4) is 0 Å². The van der Waals surface area contributed by atoms with Gasteiger partial charge >= 0.3 is 0 Å². The van der Waals surface area contributed by atoms with Crippen LogP contribution in [0.5, 0.6) is 0 Å². The monoisotopic (exact) mass is 350 g/mol. The third-order valence-corrected chi connectivity index (χ3v) is 3.58. The number of para-hydroxylation sites is 1. The first kappa shape index (κ1) is 17.2. The molecule has 0 aliphatic heterocycles. The number of anilines is 1. The molecule has 2 heterocycles. The van der Waals surface area contributed by atoms with Crippen molar-refractivity contribution in [3.05, 3.63) is 78.0 Å². The van der Waals surface area contributed by atoms with E-state index < -0.39 is 0 Å². The van der Waals surface area contributed by atoms with Crippen LogP contribution >= 0.6 is 0 Å². The van der Waals surface area contributed by atoms with Crippen molar-refractivity contribution in [3.63, 3.8) is 0 Å². The lowest BCUT2D eigenvalue weighted by Crippen LogP contribution is -2.24. The summed E-state index contributed by atoms with van der Waals surface area (Å²) < 4.78 is 6.84. The fourth-order valence-electron chi connectivity index (χ4n) is 2.34. The number of rotatable bonds is 6. The highest BCUT2D eigenvalue weighted by Gasteiger charge is 2.12. The Bertz CT molecular complexity index is 926. The maximum atomic E-state index is 12.4. The summed E-state index contributed by atoms with van der Waals surface area (Å²) in [5.74, 6) is 0.0212. The normalized spacial score (nSPS) is 10.8. The molecule has 0 aliphatic rings. The average Bonchev–Trinajstić information content (AvgIpc) is 3.30. The minimum absolute atomic E-state index is 0.273. The molecule has 3 aromatic rings. The van der Waals surface area contributed by atoms with Gasteiger partial charge in [0.15, 0.2) is 0 Å². The third-order valence-electron chi connectivity index (χ3n) is 3.58. The molecule has 7 nitrogen and oxygen atoms in total. The van der Waals surface area contributed by atoms with Gasteiger partial charge in [0.05, 0.1) is 30.3 Å². The summed E-state index contributed by atoms with van der Waals surface area (Å²) in [6.45, 7) is 0.273.